The predicted molar refractivity (Wildman–Crippen MR) is 93.9 cm³/mol. The first-order valence-electron chi connectivity index (χ1n) is 7.78. The number of hydrogen-bond donors (Lipinski definition) is 1. The summed E-state index contributed by atoms with van der Waals surface area (Å²) >= 11 is 1.29. The van der Waals surface area contributed by atoms with Gasteiger partial charge in [-0.15, -0.1) is 11.8 Å². The molecular weight excluding hydrogens is 364 g/mol. The molecule has 0 bridgehead atoms. The van der Waals surface area contributed by atoms with Gasteiger partial charge in [0.15, 0.2) is 0 Å². The minimum absolute atomic E-state index is 0.0905. The molecule has 0 aromatic heterocycles. The van der Waals surface area contributed by atoms with Crippen LogP contribution < -0.4 is 4.74 Å². The molecule has 1 amide bonds. The number of carboxylic acids is 1. The van der Waals surface area contributed by atoms with Gasteiger partial charge in [0.25, 0.3) is 11.6 Å². The zero-order valence-electron chi connectivity index (χ0n) is 14.6. The van der Waals surface area contributed by atoms with Gasteiger partial charge in [0.2, 0.25) is 0 Å². The molecule has 1 fully saturated rings. The van der Waals surface area contributed by atoms with Crippen molar-refractivity contribution in [3.05, 3.63) is 27.8 Å². The molecule has 142 valence electrons. The van der Waals surface area contributed by atoms with Crippen LogP contribution in [-0.4, -0.2) is 66.0 Å². The van der Waals surface area contributed by atoms with Crippen molar-refractivity contribution in [1.82, 2.24) is 4.90 Å². The number of nitro groups is 1. The highest BCUT2D eigenvalue weighted by molar-refractivity contribution is 7.98. The highest BCUT2D eigenvalue weighted by Gasteiger charge is 2.39. The fourth-order valence-corrected chi connectivity index (χ4v) is 3.61. The topological polar surface area (TPSA) is 119 Å². The standard InChI is InChI=1S/C16H20N2O7S/c1-24-10-4-9(5-15(19)20)17(8-10)16(21)11-6-14(26-3)13(25-2)7-12(11)18(22)23/h6-7,9-10H,4-5,8H2,1-3H3,(H,19,20). The van der Waals surface area contributed by atoms with Crippen molar-refractivity contribution in [2.75, 3.05) is 27.0 Å². The van der Waals surface area contributed by atoms with Crippen molar-refractivity contribution in [2.24, 2.45) is 0 Å². The number of nitro benzene ring substituents is 1. The van der Waals surface area contributed by atoms with E-state index in [1.165, 1.54) is 43.0 Å². The second-order valence-electron chi connectivity index (χ2n) is 5.78. The first-order valence-corrected chi connectivity index (χ1v) is 9.00. The molecule has 1 N–H and O–H groups in total. The van der Waals surface area contributed by atoms with Crippen LogP contribution in [0.2, 0.25) is 0 Å². The fraction of sp³-hybridized carbons (Fsp3) is 0.500. The summed E-state index contributed by atoms with van der Waals surface area (Å²) in [5.74, 6) is -1.32. The van der Waals surface area contributed by atoms with E-state index < -0.39 is 22.8 Å². The Hall–Kier alpha value is -2.33. The van der Waals surface area contributed by atoms with Gasteiger partial charge in [-0.1, -0.05) is 0 Å². The van der Waals surface area contributed by atoms with Crippen LogP contribution >= 0.6 is 11.8 Å². The van der Waals surface area contributed by atoms with Gasteiger partial charge in [0.05, 0.1) is 35.5 Å². The summed E-state index contributed by atoms with van der Waals surface area (Å²) in [6.07, 6.45) is 1.58. The Labute approximate surface area is 154 Å². The molecule has 0 radical (unpaired) electrons. The Kier molecular flexibility index (Phi) is 6.43. The van der Waals surface area contributed by atoms with Crippen LogP contribution in [0.3, 0.4) is 0 Å². The zero-order chi connectivity index (χ0) is 19.4. The normalized spacial score (nSPS) is 19.4. The third-order valence-electron chi connectivity index (χ3n) is 4.31. The molecule has 2 rings (SSSR count). The zero-order valence-corrected chi connectivity index (χ0v) is 15.4. The minimum atomic E-state index is -1.04. The number of thioether (sulfide) groups is 1. The Morgan fingerprint density at radius 1 is 1.42 bits per heavy atom. The lowest BCUT2D eigenvalue weighted by molar-refractivity contribution is -0.385. The first-order chi connectivity index (χ1) is 12.3. The number of amides is 1. The van der Waals surface area contributed by atoms with Crippen molar-refractivity contribution in [2.45, 2.75) is 29.9 Å². The summed E-state index contributed by atoms with van der Waals surface area (Å²) in [5.41, 5.74) is -0.466. The third-order valence-corrected chi connectivity index (χ3v) is 5.07. The van der Waals surface area contributed by atoms with E-state index >= 15 is 0 Å². The Morgan fingerprint density at radius 3 is 2.62 bits per heavy atom. The number of aliphatic carboxylic acids is 1. The molecule has 1 aromatic rings. The second-order valence-corrected chi connectivity index (χ2v) is 6.63. The highest BCUT2D eigenvalue weighted by atomic mass is 32.2. The number of nitrogens with zero attached hydrogens (tertiary/aromatic N) is 2. The molecule has 1 aliphatic heterocycles. The van der Waals surface area contributed by atoms with Crippen LogP contribution in [0.4, 0.5) is 5.69 Å². The van der Waals surface area contributed by atoms with E-state index in [1.807, 2.05) is 0 Å². The third kappa shape index (κ3) is 4.07. The summed E-state index contributed by atoms with van der Waals surface area (Å²) in [6.45, 7) is 0.186. The lowest BCUT2D eigenvalue weighted by Gasteiger charge is -2.23. The van der Waals surface area contributed by atoms with Crippen molar-refractivity contribution < 1.29 is 29.1 Å². The lowest BCUT2D eigenvalue weighted by atomic mass is 10.1. The molecule has 10 heteroatoms. The van der Waals surface area contributed by atoms with Gasteiger partial charge in [0, 0.05) is 19.7 Å². The first kappa shape index (κ1) is 20.0. The number of carbonyl (C=O) groups excluding carboxylic acids is 1. The minimum Gasteiger partial charge on any atom is -0.495 e. The fourth-order valence-electron chi connectivity index (χ4n) is 3.03. The monoisotopic (exact) mass is 384 g/mol. The summed E-state index contributed by atoms with van der Waals surface area (Å²) in [5, 5.41) is 20.5. The summed E-state index contributed by atoms with van der Waals surface area (Å²) in [4.78, 5) is 36.9. The van der Waals surface area contributed by atoms with Gasteiger partial charge in [-0.3, -0.25) is 19.7 Å². The van der Waals surface area contributed by atoms with Gasteiger partial charge >= 0.3 is 5.97 Å². The molecule has 26 heavy (non-hydrogen) atoms. The number of carboxylic acid groups (broad SMARTS) is 1. The molecule has 0 aliphatic carbocycles. The van der Waals surface area contributed by atoms with Crippen LogP contribution in [0.1, 0.15) is 23.2 Å². The number of rotatable bonds is 7. The quantitative estimate of drug-likeness (QED) is 0.431. The van der Waals surface area contributed by atoms with Gasteiger partial charge < -0.3 is 19.5 Å². The molecule has 9 nitrogen and oxygen atoms in total. The number of benzene rings is 1. The maximum absolute atomic E-state index is 13.0. The summed E-state index contributed by atoms with van der Waals surface area (Å²) < 4.78 is 10.4. The van der Waals surface area contributed by atoms with Crippen LogP contribution in [-0.2, 0) is 9.53 Å². The van der Waals surface area contributed by atoms with Crippen LogP contribution in [0, 0.1) is 10.1 Å². The van der Waals surface area contributed by atoms with E-state index in [9.17, 15) is 19.7 Å². The van der Waals surface area contributed by atoms with E-state index in [-0.39, 0.29) is 30.3 Å². The molecule has 2 atom stereocenters. The van der Waals surface area contributed by atoms with E-state index in [4.69, 9.17) is 14.6 Å². The molecule has 1 aliphatic rings. The van der Waals surface area contributed by atoms with E-state index in [0.717, 1.165) is 0 Å². The number of hydrogen-bond acceptors (Lipinski definition) is 7. The number of methoxy groups -OCH3 is 2. The van der Waals surface area contributed by atoms with Crippen molar-refractivity contribution in [3.8, 4) is 5.75 Å². The van der Waals surface area contributed by atoms with Gasteiger partial charge in [-0.05, 0) is 18.7 Å². The Bertz CT molecular complexity index is 725. The van der Waals surface area contributed by atoms with Gasteiger partial charge in [-0.25, -0.2) is 0 Å². The van der Waals surface area contributed by atoms with E-state index in [0.29, 0.717) is 17.1 Å². The average molecular weight is 384 g/mol. The van der Waals surface area contributed by atoms with E-state index in [1.54, 1.807) is 6.26 Å². The van der Waals surface area contributed by atoms with Gasteiger partial charge in [0.1, 0.15) is 11.3 Å². The maximum Gasteiger partial charge on any atom is 0.305 e. The molecule has 2 unspecified atom stereocenters. The SMILES string of the molecule is COc1cc([N+](=O)[O-])c(C(=O)N2CC(OC)CC2CC(=O)O)cc1SC. The van der Waals surface area contributed by atoms with Crippen LogP contribution in [0.5, 0.6) is 5.75 Å². The number of ether oxygens (including phenoxy) is 2. The summed E-state index contributed by atoms with van der Waals surface area (Å²) in [7, 11) is 2.88. The van der Waals surface area contributed by atoms with Crippen LogP contribution in [0.15, 0.2) is 17.0 Å². The maximum atomic E-state index is 13.0. The van der Waals surface area contributed by atoms with E-state index in [2.05, 4.69) is 0 Å². The molecular formula is C16H20N2O7S. The van der Waals surface area contributed by atoms with Crippen molar-refractivity contribution >= 4 is 29.3 Å². The highest BCUT2D eigenvalue weighted by Crippen LogP contribution is 2.36. The second kappa shape index (κ2) is 8.37. The Balaban J connectivity index is 2.46. The molecule has 1 aromatic carbocycles. The molecule has 0 saturated carbocycles. The number of likely N-dealkylation sites (tertiary alicyclic amines) is 1. The smallest absolute Gasteiger partial charge is 0.305 e. The molecule has 0 spiro atoms. The van der Waals surface area contributed by atoms with Crippen molar-refractivity contribution in [3.63, 3.8) is 0 Å². The van der Waals surface area contributed by atoms with Crippen molar-refractivity contribution in [1.29, 1.82) is 0 Å². The lowest BCUT2D eigenvalue weighted by Crippen LogP contribution is -2.37. The molecule has 1 heterocycles. The molecule has 1 saturated heterocycles. The largest absolute Gasteiger partial charge is 0.495 e. The number of carbonyl (C=O) groups is 2. The summed E-state index contributed by atoms with van der Waals surface area (Å²) in [6, 6.07) is 2.06. The average Bonchev–Trinajstić information content (AvgIpc) is 3.01. The van der Waals surface area contributed by atoms with Gasteiger partial charge in [-0.2, -0.15) is 0 Å². The predicted octanol–water partition coefficient (Wildman–Crippen LogP) is 2.03. The Morgan fingerprint density at radius 2 is 2.12 bits per heavy atom. The van der Waals surface area contributed by atoms with Crippen LogP contribution in [0.25, 0.3) is 0 Å².